The molecule has 2 bridgehead atoms. The first-order chi connectivity index (χ1) is 25.1. The van der Waals surface area contributed by atoms with Crippen LogP contribution in [0.1, 0.15) is 36.1 Å². The Bertz CT molecular complexity index is 3090. The Hall–Kier alpha value is -6.18. The second kappa shape index (κ2) is 9.53. The third-order valence-electron chi connectivity index (χ3n) is 12.1. The van der Waals surface area contributed by atoms with E-state index in [0.717, 1.165) is 0 Å². The lowest BCUT2D eigenvalue weighted by Crippen LogP contribution is -2.17. The molecule has 9 aromatic rings. The minimum absolute atomic E-state index is 0.228. The molecule has 0 fully saturated rings. The number of allylic oxidation sites excluding steroid dienone is 4. The second-order valence-corrected chi connectivity index (χ2v) is 15.0. The monoisotopic (exact) mass is 646 g/mol. The van der Waals surface area contributed by atoms with Gasteiger partial charge in [0.1, 0.15) is 0 Å². The molecule has 12 rings (SSSR count). The molecule has 0 saturated carbocycles. The Kier molecular flexibility index (Phi) is 5.16. The molecule has 3 aliphatic rings. The van der Waals surface area contributed by atoms with Crippen molar-refractivity contribution in [1.29, 1.82) is 0 Å². The number of para-hydroxylation sites is 1. The van der Waals surface area contributed by atoms with Crippen LogP contribution < -0.4 is 0 Å². The molecule has 0 N–H and O–H groups in total. The summed E-state index contributed by atoms with van der Waals surface area (Å²) in [5.74, 6) is 0. The van der Waals surface area contributed by atoms with Crippen LogP contribution in [0.3, 0.4) is 0 Å². The van der Waals surface area contributed by atoms with E-state index in [1.165, 1.54) is 115 Å². The lowest BCUT2D eigenvalue weighted by molar-refractivity contribution is 0.668. The van der Waals surface area contributed by atoms with Crippen LogP contribution in [-0.4, -0.2) is 4.57 Å². The minimum atomic E-state index is -0.228. The molecule has 1 nitrogen and oxygen atoms in total. The molecule has 0 atom stereocenters. The van der Waals surface area contributed by atoms with Gasteiger partial charge in [0.25, 0.3) is 0 Å². The lowest BCUT2D eigenvalue weighted by Gasteiger charge is -2.27. The summed E-state index contributed by atoms with van der Waals surface area (Å²) in [6.45, 7) is 4.92. The molecule has 0 saturated heterocycles. The maximum absolute atomic E-state index is 2.51. The number of fused-ring (bicyclic) bond motifs is 21. The quantitative estimate of drug-likeness (QED) is 0.156. The van der Waals surface area contributed by atoms with Crippen molar-refractivity contribution in [3.63, 3.8) is 0 Å². The van der Waals surface area contributed by atoms with Crippen LogP contribution in [0.5, 0.6) is 0 Å². The highest BCUT2D eigenvalue weighted by Crippen LogP contribution is 2.59. The van der Waals surface area contributed by atoms with Crippen LogP contribution >= 0.6 is 0 Å². The van der Waals surface area contributed by atoms with E-state index in [1.807, 2.05) is 0 Å². The van der Waals surface area contributed by atoms with E-state index in [2.05, 4.69) is 177 Å². The molecule has 3 aliphatic carbocycles. The summed E-state index contributed by atoms with van der Waals surface area (Å²) in [5, 5.41) is 10.5. The first-order valence-electron chi connectivity index (χ1n) is 18.0. The number of hydrogen-bond acceptors (Lipinski definition) is 0. The number of hydrogen-bond donors (Lipinski definition) is 0. The topological polar surface area (TPSA) is 4.93 Å². The van der Waals surface area contributed by atoms with E-state index >= 15 is 0 Å². The molecule has 0 spiro atoms. The second-order valence-electron chi connectivity index (χ2n) is 15.0. The third-order valence-corrected chi connectivity index (χ3v) is 12.1. The Morgan fingerprint density at radius 1 is 0.412 bits per heavy atom. The summed E-state index contributed by atoms with van der Waals surface area (Å²) in [6, 6.07) is 52.4. The van der Waals surface area contributed by atoms with Gasteiger partial charge in [0.2, 0.25) is 0 Å². The molecule has 1 heteroatoms. The van der Waals surface area contributed by atoms with Gasteiger partial charge in [-0.25, -0.2) is 0 Å². The predicted octanol–water partition coefficient (Wildman–Crippen LogP) is 13.2. The van der Waals surface area contributed by atoms with E-state index in [0.29, 0.717) is 0 Å². The molecule has 0 aliphatic heterocycles. The normalized spacial score (nSPS) is 15.2. The lowest BCUT2D eigenvalue weighted by atomic mass is 9.75. The fourth-order valence-electron chi connectivity index (χ4n) is 10.1. The fourth-order valence-corrected chi connectivity index (χ4v) is 10.1. The average Bonchev–Trinajstić information content (AvgIpc) is 3.83. The predicted molar refractivity (Wildman–Crippen MR) is 217 cm³/mol. The van der Waals surface area contributed by atoms with Crippen molar-refractivity contribution in [1.82, 2.24) is 4.57 Å². The minimum Gasteiger partial charge on any atom is -0.309 e. The van der Waals surface area contributed by atoms with Crippen molar-refractivity contribution in [2.75, 3.05) is 0 Å². The van der Waals surface area contributed by atoms with Gasteiger partial charge < -0.3 is 4.57 Å². The summed E-state index contributed by atoms with van der Waals surface area (Å²) < 4.78 is 2.51. The molecule has 51 heavy (non-hydrogen) atoms. The van der Waals surface area contributed by atoms with E-state index in [4.69, 9.17) is 0 Å². The first kappa shape index (κ1) is 27.6. The summed E-state index contributed by atoms with van der Waals surface area (Å²) in [7, 11) is 0. The zero-order valence-corrected chi connectivity index (χ0v) is 28.5. The van der Waals surface area contributed by atoms with Gasteiger partial charge in [-0.15, -0.1) is 0 Å². The van der Waals surface area contributed by atoms with E-state index in [-0.39, 0.29) is 5.41 Å². The summed E-state index contributed by atoms with van der Waals surface area (Å²) in [4.78, 5) is 0. The summed E-state index contributed by atoms with van der Waals surface area (Å²) >= 11 is 0. The molecule has 1 heterocycles. The SMILES string of the molecule is CC1(C)c2c(ccc3c2-c2ccccc2C2=CC=C3[CH]2)-c2ccc3c(c21)c1ccccc1n3-c1ccc2c3ccccc3c3ccccc3c2c1. The highest BCUT2D eigenvalue weighted by Gasteiger charge is 2.42. The first-order valence-corrected chi connectivity index (χ1v) is 18.0. The summed E-state index contributed by atoms with van der Waals surface area (Å²) in [6.07, 6.45) is 6.95. The van der Waals surface area contributed by atoms with Crippen LogP contribution in [0.4, 0.5) is 0 Å². The molecule has 1 aromatic heterocycles. The van der Waals surface area contributed by atoms with E-state index in [9.17, 15) is 0 Å². The Balaban J connectivity index is 1.16. The Labute approximate surface area is 296 Å². The number of nitrogens with zero attached hydrogens (tertiary/aromatic N) is 1. The Morgan fingerprint density at radius 3 is 1.71 bits per heavy atom. The van der Waals surface area contributed by atoms with Crippen LogP contribution in [0.15, 0.2) is 152 Å². The molecule has 8 aromatic carbocycles. The average molecular weight is 647 g/mol. The van der Waals surface area contributed by atoms with Crippen LogP contribution in [-0.2, 0) is 5.41 Å². The van der Waals surface area contributed by atoms with Gasteiger partial charge in [-0.05, 0) is 112 Å². The number of rotatable bonds is 1. The molecule has 0 unspecified atom stereocenters. The zero-order chi connectivity index (χ0) is 33.6. The van der Waals surface area contributed by atoms with Crippen molar-refractivity contribution < 1.29 is 0 Å². The molecule has 237 valence electrons. The van der Waals surface area contributed by atoms with Crippen molar-refractivity contribution in [2.24, 2.45) is 0 Å². The van der Waals surface area contributed by atoms with Gasteiger partial charge in [-0.1, -0.05) is 141 Å². The molecule has 0 amide bonds. The Morgan fingerprint density at radius 2 is 0.961 bits per heavy atom. The van der Waals surface area contributed by atoms with Gasteiger partial charge in [-0.3, -0.25) is 0 Å². The standard InChI is InChI=1S/C50H32N/c1-50(2)48-40(24-23-33-30-20-19-29(27-30)32-11-3-8-16-39(32)46(33)48)41-25-26-45-47(49(41)50)42-17-9-10-18-44(42)51(45)31-21-22-38-36-14-5-4-12-34(36)35-13-6-7-15-37(35)43(38)28-31/h3-28H,1-2H3. The van der Waals surface area contributed by atoms with Crippen molar-refractivity contribution in [3.8, 4) is 27.9 Å². The van der Waals surface area contributed by atoms with Crippen molar-refractivity contribution in [2.45, 2.75) is 19.3 Å². The van der Waals surface area contributed by atoms with Crippen LogP contribution in [0, 0.1) is 6.42 Å². The number of aromatic nitrogens is 1. The van der Waals surface area contributed by atoms with Crippen molar-refractivity contribution >= 4 is 65.3 Å². The third kappa shape index (κ3) is 3.41. The van der Waals surface area contributed by atoms with Gasteiger partial charge in [-0.2, -0.15) is 0 Å². The molecule has 1 radical (unpaired) electrons. The largest absolute Gasteiger partial charge is 0.309 e. The highest BCUT2D eigenvalue weighted by atomic mass is 15.0. The van der Waals surface area contributed by atoms with E-state index in [1.54, 1.807) is 0 Å². The highest BCUT2D eigenvalue weighted by molar-refractivity contribution is 6.26. The zero-order valence-electron chi connectivity index (χ0n) is 28.5. The number of benzene rings is 8. The smallest absolute Gasteiger partial charge is 0.0544 e. The molecular weight excluding hydrogens is 615 g/mol. The van der Waals surface area contributed by atoms with Gasteiger partial charge in [0.15, 0.2) is 0 Å². The van der Waals surface area contributed by atoms with Crippen molar-refractivity contribution in [3.05, 3.63) is 180 Å². The molecular formula is C50H32N. The van der Waals surface area contributed by atoms with Gasteiger partial charge in [0.05, 0.1) is 11.0 Å². The van der Waals surface area contributed by atoms with E-state index < -0.39 is 0 Å². The van der Waals surface area contributed by atoms with Crippen LogP contribution in [0.25, 0.3) is 93.2 Å². The van der Waals surface area contributed by atoms with Gasteiger partial charge in [0, 0.05) is 28.3 Å². The van der Waals surface area contributed by atoms with Gasteiger partial charge >= 0.3 is 0 Å². The summed E-state index contributed by atoms with van der Waals surface area (Å²) in [5.41, 5.74) is 17.0. The fraction of sp³-hybridized carbons (Fsp3) is 0.0600. The van der Waals surface area contributed by atoms with Crippen LogP contribution in [0.2, 0.25) is 0 Å². The maximum atomic E-state index is 2.51. The maximum Gasteiger partial charge on any atom is 0.0544 e.